The fourth-order valence-electron chi connectivity index (χ4n) is 3.70. The molecule has 2 atom stereocenters. The van der Waals surface area contributed by atoms with E-state index in [2.05, 4.69) is 10.6 Å². The summed E-state index contributed by atoms with van der Waals surface area (Å²) in [6, 6.07) is 13.8. The topological polar surface area (TPSA) is 97.0 Å². The van der Waals surface area contributed by atoms with Gasteiger partial charge in [0, 0.05) is 36.4 Å². The van der Waals surface area contributed by atoms with Gasteiger partial charge in [0.05, 0.1) is 12.2 Å². The zero-order chi connectivity index (χ0) is 24.9. The highest BCUT2D eigenvalue weighted by molar-refractivity contribution is 5.95. The Balaban J connectivity index is 1.51. The van der Waals surface area contributed by atoms with Gasteiger partial charge in [-0.1, -0.05) is 12.1 Å². The highest BCUT2D eigenvalue weighted by Crippen LogP contribution is 2.16. The Labute approximate surface area is 200 Å². The number of anilines is 1. The number of carbonyl (C=O) groups excluding carboxylic acids is 3. The molecule has 0 aromatic heterocycles. The van der Waals surface area contributed by atoms with Crippen LogP contribution in [-0.2, 0) is 16.0 Å². The molecule has 34 heavy (non-hydrogen) atoms. The summed E-state index contributed by atoms with van der Waals surface area (Å²) in [7, 11) is 0. The van der Waals surface area contributed by atoms with Gasteiger partial charge in [0.1, 0.15) is 5.60 Å². The molecule has 2 aromatic rings. The van der Waals surface area contributed by atoms with Gasteiger partial charge in [0.15, 0.2) is 0 Å². The molecule has 0 aliphatic carbocycles. The van der Waals surface area contributed by atoms with E-state index < -0.39 is 11.7 Å². The van der Waals surface area contributed by atoms with Gasteiger partial charge < -0.3 is 19.7 Å². The van der Waals surface area contributed by atoms with Crippen LogP contribution in [0, 0.1) is 0 Å². The average molecular weight is 468 g/mol. The molecule has 3 amide bonds. The quantitative estimate of drug-likeness (QED) is 0.687. The Morgan fingerprint density at radius 2 is 1.50 bits per heavy atom. The normalized spacial score (nSPS) is 18.2. The van der Waals surface area contributed by atoms with Gasteiger partial charge in [0.25, 0.3) is 11.8 Å². The number of benzene rings is 2. The number of ether oxygens (including phenoxy) is 2. The molecule has 8 nitrogen and oxygen atoms in total. The SMILES string of the molecule is CC1CN(C(=O)c2ccc(CNC(=O)c3ccc(NC(=O)OC(C)(C)C)cc3)cc2)CC(C)O1. The van der Waals surface area contributed by atoms with Crippen LogP contribution in [0.5, 0.6) is 0 Å². The van der Waals surface area contributed by atoms with E-state index in [0.29, 0.717) is 36.4 Å². The first-order valence-corrected chi connectivity index (χ1v) is 11.4. The molecular formula is C26H33N3O5. The van der Waals surface area contributed by atoms with Gasteiger partial charge >= 0.3 is 6.09 Å². The monoisotopic (exact) mass is 467 g/mol. The van der Waals surface area contributed by atoms with Crippen LogP contribution in [0.3, 0.4) is 0 Å². The lowest BCUT2D eigenvalue weighted by atomic mass is 10.1. The molecule has 0 saturated carbocycles. The molecule has 0 bridgehead atoms. The third-order valence-corrected chi connectivity index (χ3v) is 5.15. The van der Waals surface area contributed by atoms with Crippen molar-refractivity contribution in [2.75, 3.05) is 18.4 Å². The largest absolute Gasteiger partial charge is 0.444 e. The molecule has 3 rings (SSSR count). The first-order valence-electron chi connectivity index (χ1n) is 11.4. The summed E-state index contributed by atoms with van der Waals surface area (Å²) in [6.07, 6.45) is -0.516. The van der Waals surface area contributed by atoms with Crippen LogP contribution in [0.15, 0.2) is 48.5 Å². The van der Waals surface area contributed by atoms with Gasteiger partial charge in [0.2, 0.25) is 0 Å². The Morgan fingerprint density at radius 1 is 0.941 bits per heavy atom. The van der Waals surface area contributed by atoms with Gasteiger partial charge in [-0.25, -0.2) is 4.79 Å². The van der Waals surface area contributed by atoms with Crippen molar-refractivity contribution in [1.29, 1.82) is 0 Å². The molecule has 2 unspecified atom stereocenters. The fraction of sp³-hybridized carbons (Fsp3) is 0.423. The van der Waals surface area contributed by atoms with E-state index in [4.69, 9.17) is 9.47 Å². The number of nitrogens with zero attached hydrogens (tertiary/aromatic N) is 1. The third-order valence-electron chi connectivity index (χ3n) is 5.15. The molecule has 2 aromatic carbocycles. The smallest absolute Gasteiger partial charge is 0.412 e. The summed E-state index contributed by atoms with van der Waals surface area (Å²) in [5.41, 5.74) is 1.92. The summed E-state index contributed by atoms with van der Waals surface area (Å²) >= 11 is 0. The van der Waals surface area contributed by atoms with Gasteiger partial charge in [-0.05, 0) is 76.6 Å². The second kappa shape index (κ2) is 10.7. The fourth-order valence-corrected chi connectivity index (χ4v) is 3.70. The van der Waals surface area contributed by atoms with Crippen LogP contribution >= 0.6 is 0 Å². The average Bonchev–Trinajstić information content (AvgIpc) is 2.76. The lowest BCUT2D eigenvalue weighted by molar-refractivity contribution is -0.0586. The van der Waals surface area contributed by atoms with E-state index in [9.17, 15) is 14.4 Å². The molecule has 0 radical (unpaired) electrons. The molecule has 1 aliphatic heterocycles. The molecule has 1 aliphatic rings. The zero-order valence-electron chi connectivity index (χ0n) is 20.4. The van der Waals surface area contributed by atoms with Crippen molar-refractivity contribution in [3.8, 4) is 0 Å². The van der Waals surface area contributed by atoms with Crippen LogP contribution in [0.25, 0.3) is 0 Å². The maximum atomic E-state index is 12.8. The van der Waals surface area contributed by atoms with E-state index in [1.54, 1.807) is 57.2 Å². The number of rotatable bonds is 5. The van der Waals surface area contributed by atoms with E-state index in [-0.39, 0.29) is 24.0 Å². The number of carbonyl (C=O) groups is 3. The first-order chi connectivity index (χ1) is 16.0. The highest BCUT2D eigenvalue weighted by atomic mass is 16.6. The Bertz CT molecular complexity index is 1000. The number of morpholine rings is 1. The van der Waals surface area contributed by atoms with Crippen LogP contribution in [0.1, 0.15) is 60.9 Å². The maximum Gasteiger partial charge on any atom is 0.412 e. The summed E-state index contributed by atoms with van der Waals surface area (Å²) in [5, 5.41) is 5.50. The van der Waals surface area contributed by atoms with E-state index >= 15 is 0 Å². The number of hydrogen-bond acceptors (Lipinski definition) is 5. The van der Waals surface area contributed by atoms with Crippen molar-refractivity contribution in [3.05, 3.63) is 65.2 Å². The van der Waals surface area contributed by atoms with Crippen molar-refractivity contribution in [2.45, 2.75) is 59.0 Å². The molecule has 1 fully saturated rings. The van der Waals surface area contributed by atoms with Crippen LogP contribution in [0.2, 0.25) is 0 Å². The zero-order valence-corrected chi connectivity index (χ0v) is 20.4. The summed E-state index contributed by atoms with van der Waals surface area (Å²) < 4.78 is 10.9. The first kappa shape index (κ1) is 25.2. The van der Waals surface area contributed by atoms with E-state index in [0.717, 1.165) is 5.56 Å². The molecular weight excluding hydrogens is 434 g/mol. The van der Waals surface area contributed by atoms with Crippen molar-refractivity contribution < 1.29 is 23.9 Å². The van der Waals surface area contributed by atoms with E-state index in [1.807, 2.05) is 30.9 Å². The van der Waals surface area contributed by atoms with Gasteiger partial charge in [-0.2, -0.15) is 0 Å². The minimum atomic E-state index is -0.588. The number of nitrogens with one attached hydrogen (secondary N) is 2. The lowest BCUT2D eigenvalue weighted by Gasteiger charge is -2.35. The van der Waals surface area contributed by atoms with Crippen LogP contribution < -0.4 is 10.6 Å². The van der Waals surface area contributed by atoms with Crippen LogP contribution in [-0.4, -0.2) is 53.7 Å². The number of hydrogen-bond donors (Lipinski definition) is 2. The highest BCUT2D eigenvalue weighted by Gasteiger charge is 2.26. The molecule has 0 spiro atoms. The second-order valence-electron chi connectivity index (χ2n) is 9.55. The minimum absolute atomic E-state index is 0.0160. The summed E-state index contributed by atoms with van der Waals surface area (Å²) in [6.45, 7) is 10.8. The molecule has 1 heterocycles. The molecule has 2 N–H and O–H groups in total. The molecule has 8 heteroatoms. The standard InChI is InChI=1S/C26H33N3O5/c1-17-15-29(16-18(2)33-17)24(31)21-8-6-19(7-9-21)14-27-23(30)20-10-12-22(13-11-20)28-25(32)34-26(3,4)5/h6-13,17-18H,14-16H2,1-5H3,(H,27,30)(H,28,32). The van der Waals surface area contributed by atoms with Crippen LogP contribution in [0.4, 0.5) is 10.5 Å². The Morgan fingerprint density at radius 3 is 2.06 bits per heavy atom. The third kappa shape index (κ3) is 7.31. The number of amides is 3. The van der Waals surface area contributed by atoms with Crippen molar-refractivity contribution >= 4 is 23.6 Å². The Hall–Kier alpha value is -3.39. The van der Waals surface area contributed by atoms with Gasteiger partial charge in [-0.3, -0.25) is 14.9 Å². The Kier molecular flexibility index (Phi) is 7.94. The maximum absolute atomic E-state index is 12.8. The lowest BCUT2D eigenvalue weighted by Crippen LogP contribution is -2.48. The molecule has 182 valence electrons. The summed E-state index contributed by atoms with van der Waals surface area (Å²) in [5.74, 6) is -0.252. The van der Waals surface area contributed by atoms with Crippen molar-refractivity contribution in [3.63, 3.8) is 0 Å². The van der Waals surface area contributed by atoms with Gasteiger partial charge in [-0.15, -0.1) is 0 Å². The second-order valence-corrected chi connectivity index (χ2v) is 9.55. The minimum Gasteiger partial charge on any atom is -0.444 e. The predicted molar refractivity (Wildman–Crippen MR) is 130 cm³/mol. The predicted octanol–water partition coefficient (Wildman–Crippen LogP) is 4.21. The molecule has 1 saturated heterocycles. The van der Waals surface area contributed by atoms with E-state index in [1.165, 1.54) is 0 Å². The van der Waals surface area contributed by atoms with Crippen molar-refractivity contribution in [2.24, 2.45) is 0 Å². The summed E-state index contributed by atoms with van der Waals surface area (Å²) in [4.78, 5) is 38.9. The van der Waals surface area contributed by atoms with Crippen molar-refractivity contribution in [1.82, 2.24) is 10.2 Å².